The predicted octanol–water partition coefficient (Wildman–Crippen LogP) is 2.53. The minimum Gasteiger partial charge on any atom is -0.444 e. The summed E-state index contributed by atoms with van der Waals surface area (Å²) in [5.41, 5.74) is 1.98. The fraction of sp³-hybridized carbons (Fsp3) is 0.292. The number of pyridine rings is 2. The number of carbonyl (C=O) groups is 3. The van der Waals surface area contributed by atoms with Gasteiger partial charge in [0.2, 0.25) is 11.3 Å². The van der Waals surface area contributed by atoms with Gasteiger partial charge in [-0.25, -0.2) is 22.9 Å². The third-order valence-corrected chi connectivity index (χ3v) is 5.45. The van der Waals surface area contributed by atoms with Crippen LogP contribution in [0.4, 0.5) is 23.8 Å². The Kier molecular flexibility index (Phi) is 6.40. The van der Waals surface area contributed by atoms with E-state index in [-0.39, 0.29) is 29.8 Å². The minimum atomic E-state index is -1.33. The third-order valence-electron chi connectivity index (χ3n) is 5.45. The zero-order chi connectivity index (χ0) is 27.2. The maximum absolute atomic E-state index is 14.7. The Bertz CT molecular complexity index is 1490. The van der Waals surface area contributed by atoms with Gasteiger partial charge in [-0.1, -0.05) is 0 Å². The minimum absolute atomic E-state index is 0.000541. The summed E-state index contributed by atoms with van der Waals surface area (Å²) >= 11 is 0. The zero-order valence-electron chi connectivity index (χ0n) is 20.0. The molecule has 10 nitrogen and oxygen atoms in total. The Balaban J connectivity index is 1.80. The summed E-state index contributed by atoms with van der Waals surface area (Å²) in [6.07, 6.45) is 0.0174. The van der Waals surface area contributed by atoms with Gasteiger partial charge in [0.1, 0.15) is 28.5 Å². The summed E-state index contributed by atoms with van der Waals surface area (Å²) < 4.78 is 48.8. The Labute approximate surface area is 207 Å². The van der Waals surface area contributed by atoms with E-state index < -0.39 is 63.7 Å². The molecule has 194 valence electrons. The van der Waals surface area contributed by atoms with Gasteiger partial charge in [0, 0.05) is 31.3 Å². The number of amides is 3. The van der Waals surface area contributed by atoms with Crippen molar-refractivity contribution in [3.8, 4) is 5.69 Å². The van der Waals surface area contributed by atoms with Crippen LogP contribution >= 0.6 is 0 Å². The number of ether oxygens (including phenoxy) is 1. The van der Waals surface area contributed by atoms with Gasteiger partial charge < -0.3 is 15.8 Å². The predicted molar refractivity (Wildman–Crippen MR) is 126 cm³/mol. The lowest BCUT2D eigenvalue weighted by Gasteiger charge is -2.22. The van der Waals surface area contributed by atoms with Gasteiger partial charge in [0.05, 0.1) is 11.4 Å². The molecule has 3 amide bonds. The molecular weight excluding hydrogens is 495 g/mol. The number of primary amides is 1. The highest BCUT2D eigenvalue weighted by Gasteiger charge is 2.34. The standard InChI is InChI=1S/C24H22F3N5O5/c1-24(2,3)37-23(36)29-12-8-18(33)31(9-12)17-5-4-13-20(34)14(21(28)35)10-32(22(13)30-17)19-15(26)6-11(25)7-16(19)27/h4-7,10,12H,8-9H2,1-3H3,(H2,28,35)(H,29,36). The topological polar surface area (TPSA) is 137 Å². The van der Waals surface area contributed by atoms with Gasteiger partial charge in [-0.05, 0) is 32.9 Å². The van der Waals surface area contributed by atoms with Gasteiger partial charge in [0.25, 0.3) is 5.91 Å². The van der Waals surface area contributed by atoms with Crippen LogP contribution in [0.3, 0.4) is 0 Å². The van der Waals surface area contributed by atoms with E-state index in [4.69, 9.17) is 10.5 Å². The van der Waals surface area contributed by atoms with Gasteiger partial charge in [-0.2, -0.15) is 0 Å². The summed E-state index contributed by atoms with van der Waals surface area (Å²) in [7, 11) is 0. The Morgan fingerprint density at radius 1 is 1.14 bits per heavy atom. The molecule has 1 atom stereocenters. The number of anilines is 1. The number of nitrogens with zero attached hydrogens (tertiary/aromatic N) is 3. The highest BCUT2D eigenvalue weighted by atomic mass is 19.1. The van der Waals surface area contributed by atoms with E-state index in [1.54, 1.807) is 20.8 Å². The summed E-state index contributed by atoms with van der Waals surface area (Å²) in [4.78, 5) is 55.0. The molecule has 4 rings (SSSR count). The molecule has 0 aliphatic carbocycles. The second-order valence-electron chi connectivity index (χ2n) is 9.42. The van der Waals surface area contributed by atoms with Crippen LogP contribution in [0.1, 0.15) is 37.6 Å². The van der Waals surface area contributed by atoms with Crippen LogP contribution in [-0.4, -0.2) is 45.6 Å². The molecule has 3 heterocycles. The molecule has 1 unspecified atom stereocenters. The largest absolute Gasteiger partial charge is 0.444 e. The van der Waals surface area contributed by atoms with Gasteiger partial charge in [0.15, 0.2) is 17.3 Å². The fourth-order valence-electron chi connectivity index (χ4n) is 3.95. The average Bonchev–Trinajstić information content (AvgIpc) is 3.12. The second kappa shape index (κ2) is 9.22. The van der Waals surface area contributed by atoms with E-state index in [1.807, 2.05) is 0 Å². The van der Waals surface area contributed by atoms with Crippen LogP contribution in [-0.2, 0) is 9.53 Å². The number of hydrogen-bond acceptors (Lipinski definition) is 6. The number of benzene rings is 1. The molecule has 2 aromatic heterocycles. The van der Waals surface area contributed by atoms with Crippen molar-refractivity contribution in [2.24, 2.45) is 5.73 Å². The van der Waals surface area contributed by atoms with Crippen molar-refractivity contribution in [3.63, 3.8) is 0 Å². The van der Waals surface area contributed by atoms with Crippen LogP contribution in [0.2, 0.25) is 0 Å². The van der Waals surface area contributed by atoms with E-state index >= 15 is 0 Å². The van der Waals surface area contributed by atoms with Crippen molar-refractivity contribution >= 4 is 34.8 Å². The number of rotatable bonds is 4. The molecular formula is C24H22F3N5O5. The quantitative estimate of drug-likeness (QED) is 0.546. The molecule has 1 aromatic carbocycles. The van der Waals surface area contributed by atoms with Crippen LogP contribution in [0.25, 0.3) is 16.7 Å². The summed E-state index contributed by atoms with van der Waals surface area (Å²) in [5.74, 6) is -5.41. The smallest absolute Gasteiger partial charge is 0.407 e. The highest BCUT2D eigenvalue weighted by molar-refractivity contribution is 5.98. The van der Waals surface area contributed by atoms with Crippen molar-refractivity contribution in [1.82, 2.24) is 14.9 Å². The van der Waals surface area contributed by atoms with Crippen LogP contribution in [0.5, 0.6) is 0 Å². The molecule has 0 bridgehead atoms. The molecule has 3 N–H and O–H groups in total. The number of aromatic nitrogens is 2. The summed E-state index contributed by atoms with van der Waals surface area (Å²) in [5, 5.41) is 2.37. The molecule has 3 aromatic rings. The van der Waals surface area contributed by atoms with E-state index in [2.05, 4.69) is 10.3 Å². The van der Waals surface area contributed by atoms with Crippen molar-refractivity contribution in [1.29, 1.82) is 0 Å². The van der Waals surface area contributed by atoms with E-state index in [1.165, 1.54) is 17.0 Å². The monoisotopic (exact) mass is 517 g/mol. The normalized spacial score (nSPS) is 15.8. The van der Waals surface area contributed by atoms with Crippen molar-refractivity contribution in [2.45, 2.75) is 38.8 Å². The first kappa shape index (κ1) is 25.7. The number of alkyl carbamates (subject to hydrolysis) is 1. The molecule has 37 heavy (non-hydrogen) atoms. The van der Waals surface area contributed by atoms with Crippen LogP contribution in [0, 0.1) is 17.5 Å². The van der Waals surface area contributed by atoms with E-state index in [0.717, 1.165) is 10.8 Å². The first-order valence-electron chi connectivity index (χ1n) is 11.1. The molecule has 1 aliphatic heterocycles. The lowest BCUT2D eigenvalue weighted by molar-refractivity contribution is -0.117. The Morgan fingerprint density at radius 3 is 2.38 bits per heavy atom. The number of hydrogen-bond donors (Lipinski definition) is 2. The van der Waals surface area contributed by atoms with Gasteiger partial charge >= 0.3 is 6.09 Å². The number of fused-ring (bicyclic) bond motifs is 1. The average molecular weight is 517 g/mol. The molecule has 1 saturated heterocycles. The molecule has 0 spiro atoms. The van der Waals surface area contributed by atoms with E-state index in [0.29, 0.717) is 12.1 Å². The van der Waals surface area contributed by atoms with E-state index in [9.17, 15) is 32.3 Å². The number of carbonyl (C=O) groups excluding carboxylic acids is 3. The van der Waals surface area contributed by atoms with Crippen molar-refractivity contribution in [2.75, 3.05) is 11.4 Å². The zero-order valence-corrected chi connectivity index (χ0v) is 20.0. The lowest BCUT2D eigenvalue weighted by Crippen LogP contribution is -2.40. The molecule has 0 radical (unpaired) electrons. The number of halogens is 3. The van der Waals surface area contributed by atoms with Gasteiger partial charge in [-0.3, -0.25) is 23.9 Å². The Morgan fingerprint density at radius 2 is 1.78 bits per heavy atom. The maximum Gasteiger partial charge on any atom is 0.407 e. The van der Waals surface area contributed by atoms with Gasteiger partial charge in [-0.15, -0.1) is 0 Å². The highest BCUT2D eigenvalue weighted by Crippen LogP contribution is 2.26. The molecule has 13 heteroatoms. The van der Waals surface area contributed by atoms with Crippen LogP contribution < -0.4 is 21.4 Å². The SMILES string of the molecule is CC(C)(C)OC(=O)NC1CC(=O)N(c2ccc3c(=O)c(C(N)=O)cn(-c4c(F)cc(F)cc4F)c3n2)C1. The first-order valence-corrected chi connectivity index (χ1v) is 11.1. The second-order valence-corrected chi connectivity index (χ2v) is 9.42. The summed E-state index contributed by atoms with van der Waals surface area (Å²) in [6.45, 7) is 5.06. The molecule has 1 aliphatic rings. The lowest BCUT2D eigenvalue weighted by atomic mass is 10.1. The van der Waals surface area contributed by atoms with Crippen LogP contribution in [0.15, 0.2) is 35.3 Å². The number of nitrogens with one attached hydrogen (secondary N) is 1. The van der Waals surface area contributed by atoms with Crippen molar-refractivity contribution < 1.29 is 32.3 Å². The molecule has 1 fully saturated rings. The fourth-order valence-corrected chi connectivity index (χ4v) is 3.95. The number of nitrogens with two attached hydrogens (primary N) is 1. The first-order chi connectivity index (χ1) is 17.2. The summed E-state index contributed by atoms with van der Waals surface area (Å²) in [6, 6.07) is 2.76. The third kappa shape index (κ3) is 5.10. The molecule has 0 saturated carbocycles. The van der Waals surface area contributed by atoms with Crippen molar-refractivity contribution in [3.05, 3.63) is 63.7 Å². The Hall–Kier alpha value is -4.42. The maximum atomic E-state index is 14.7.